The van der Waals surface area contributed by atoms with E-state index in [0.29, 0.717) is 6.04 Å². The Hall–Kier alpha value is -1.26. The number of rotatable bonds is 5. The fourth-order valence-corrected chi connectivity index (χ4v) is 6.41. The fourth-order valence-electron chi connectivity index (χ4n) is 6.00. The SMILES string of the molecule is CSc1ccc(-c2cc(CNC3CC4CCC5CC(CCC53)C4)no2)cc1. The van der Waals surface area contributed by atoms with E-state index >= 15 is 0 Å². The first-order chi connectivity index (χ1) is 13.3. The monoisotopic (exact) mass is 382 g/mol. The van der Waals surface area contributed by atoms with Crippen LogP contribution in [0.5, 0.6) is 0 Å². The largest absolute Gasteiger partial charge is 0.356 e. The minimum Gasteiger partial charge on any atom is -0.356 e. The van der Waals surface area contributed by atoms with Gasteiger partial charge >= 0.3 is 0 Å². The summed E-state index contributed by atoms with van der Waals surface area (Å²) in [5.74, 6) is 4.71. The zero-order chi connectivity index (χ0) is 18.2. The van der Waals surface area contributed by atoms with E-state index in [1.54, 1.807) is 11.8 Å². The molecule has 0 saturated heterocycles. The molecule has 3 saturated carbocycles. The number of fused-ring (bicyclic) bond motifs is 3. The number of aromatic nitrogens is 1. The standard InChI is InChI=1S/C23H30N2OS/c1-27-20-7-5-17(6-8-20)23-13-19(25-26-23)14-24-22-12-16-2-4-18-11-15(10-16)3-9-21(18)22/h5-8,13,15-16,18,21-22,24H,2-4,9-12,14H2,1H3. The van der Waals surface area contributed by atoms with Gasteiger partial charge in [0.2, 0.25) is 0 Å². The lowest BCUT2D eigenvalue weighted by Crippen LogP contribution is -2.43. The van der Waals surface area contributed by atoms with Crippen molar-refractivity contribution in [3.8, 4) is 11.3 Å². The van der Waals surface area contributed by atoms with E-state index in [9.17, 15) is 0 Å². The van der Waals surface area contributed by atoms with Crippen molar-refractivity contribution in [3.63, 3.8) is 0 Å². The molecule has 144 valence electrons. The normalized spacial score (nSPS) is 32.4. The van der Waals surface area contributed by atoms with Gasteiger partial charge in [-0.25, -0.2) is 0 Å². The highest BCUT2D eigenvalue weighted by atomic mass is 32.2. The predicted octanol–water partition coefficient (Wildman–Crippen LogP) is 5.76. The molecule has 0 radical (unpaired) electrons. The lowest BCUT2D eigenvalue weighted by Gasteiger charge is -2.42. The number of hydrogen-bond donors (Lipinski definition) is 1. The summed E-state index contributed by atoms with van der Waals surface area (Å²) in [4.78, 5) is 1.27. The molecule has 3 aliphatic carbocycles. The lowest BCUT2D eigenvalue weighted by molar-refractivity contribution is 0.112. The molecule has 3 fully saturated rings. The van der Waals surface area contributed by atoms with Gasteiger partial charge in [0.15, 0.2) is 5.76 Å². The van der Waals surface area contributed by atoms with Gasteiger partial charge < -0.3 is 9.84 Å². The number of hydrogen-bond acceptors (Lipinski definition) is 4. The second-order valence-electron chi connectivity index (χ2n) is 8.92. The molecule has 3 nitrogen and oxygen atoms in total. The highest BCUT2D eigenvalue weighted by Gasteiger charge is 2.42. The van der Waals surface area contributed by atoms with Gasteiger partial charge in [-0.15, -0.1) is 11.8 Å². The average Bonchev–Trinajstić information content (AvgIpc) is 3.02. The Balaban J connectivity index is 1.25. The minimum atomic E-state index is 0.671. The molecule has 3 aliphatic rings. The third kappa shape index (κ3) is 3.71. The Kier molecular flexibility index (Phi) is 5.04. The van der Waals surface area contributed by atoms with E-state index in [1.165, 1.54) is 49.8 Å². The maximum absolute atomic E-state index is 5.63. The van der Waals surface area contributed by atoms with Gasteiger partial charge in [0.1, 0.15) is 0 Å². The summed E-state index contributed by atoms with van der Waals surface area (Å²) in [6.07, 6.45) is 12.3. The maximum atomic E-state index is 5.63. The molecule has 27 heavy (non-hydrogen) atoms. The molecule has 1 N–H and O–H groups in total. The summed E-state index contributed by atoms with van der Waals surface area (Å²) >= 11 is 1.76. The molecule has 1 aromatic heterocycles. The predicted molar refractivity (Wildman–Crippen MR) is 111 cm³/mol. The molecule has 5 unspecified atom stereocenters. The van der Waals surface area contributed by atoms with Crippen LogP contribution in [0.15, 0.2) is 39.8 Å². The van der Waals surface area contributed by atoms with Crippen LogP contribution < -0.4 is 5.32 Å². The van der Waals surface area contributed by atoms with E-state index in [2.05, 4.69) is 47.1 Å². The van der Waals surface area contributed by atoms with Crippen molar-refractivity contribution in [3.05, 3.63) is 36.0 Å². The second-order valence-corrected chi connectivity index (χ2v) is 9.80. The van der Waals surface area contributed by atoms with E-state index in [1.807, 2.05) is 0 Å². The van der Waals surface area contributed by atoms with Gasteiger partial charge in [0, 0.05) is 29.1 Å². The van der Waals surface area contributed by atoms with Crippen molar-refractivity contribution in [2.24, 2.45) is 23.7 Å². The summed E-state index contributed by atoms with van der Waals surface area (Å²) < 4.78 is 5.63. The Labute approximate surface area is 166 Å². The van der Waals surface area contributed by atoms with Gasteiger partial charge in [-0.2, -0.15) is 0 Å². The molecular formula is C23H30N2OS. The van der Waals surface area contributed by atoms with E-state index in [0.717, 1.165) is 47.2 Å². The van der Waals surface area contributed by atoms with Crippen LogP contribution in [-0.2, 0) is 6.54 Å². The number of thioether (sulfide) groups is 1. The Morgan fingerprint density at radius 1 is 1.04 bits per heavy atom. The van der Waals surface area contributed by atoms with Gasteiger partial charge in [0.25, 0.3) is 0 Å². The molecule has 0 spiro atoms. The molecule has 0 amide bonds. The molecule has 2 aromatic rings. The van der Waals surface area contributed by atoms with Crippen LogP contribution in [0, 0.1) is 23.7 Å². The summed E-state index contributed by atoms with van der Waals surface area (Å²) in [6.45, 7) is 0.830. The second kappa shape index (κ2) is 7.63. The van der Waals surface area contributed by atoms with Crippen LogP contribution in [0.1, 0.15) is 50.6 Å². The Morgan fingerprint density at radius 3 is 2.70 bits per heavy atom. The first-order valence-electron chi connectivity index (χ1n) is 10.6. The smallest absolute Gasteiger partial charge is 0.167 e. The van der Waals surface area contributed by atoms with Gasteiger partial charge in [-0.05, 0) is 74.2 Å². The van der Waals surface area contributed by atoms with Crippen molar-refractivity contribution in [2.45, 2.75) is 62.4 Å². The minimum absolute atomic E-state index is 0.671. The highest BCUT2D eigenvalue weighted by molar-refractivity contribution is 7.98. The summed E-state index contributed by atoms with van der Waals surface area (Å²) in [6, 6.07) is 11.3. The Morgan fingerprint density at radius 2 is 1.85 bits per heavy atom. The van der Waals surface area contributed by atoms with Gasteiger partial charge in [-0.3, -0.25) is 0 Å². The van der Waals surface area contributed by atoms with Crippen molar-refractivity contribution in [1.29, 1.82) is 0 Å². The van der Waals surface area contributed by atoms with Crippen molar-refractivity contribution < 1.29 is 4.52 Å². The van der Waals surface area contributed by atoms with Crippen LogP contribution in [0.3, 0.4) is 0 Å². The molecule has 1 aromatic carbocycles. The van der Waals surface area contributed by atoms with Crippen molar-refractivity contribution >= 4 is 11.8 Å². The van der Waals surface area contributed by atoms with Crippen LogP contribution >= 0.6 is 11.8 Å². The summed E-state index contributed by atoms with van der Waals surface area (Å²) in [5.41, 5.74) is 2.14. The third-order valence-electron chi connectivity index (χ3n) is 7.35. The van der Waals surface area contributed by atoms with Crippen molar-refractivity contribution in [2.75, 3.05) is 6.26 Å². The summed E-state index contributed by atoms with van der Waals surface area (Å²) in [5, 5.41) is 8.22. The Bertz CT molecular complexity index is 769. The molecule has 1 heterocycles. The molecule has 5 rings (SSSR count). The van der Waals surface area contributed by atoms with E-state index in [4.69, 9.17) is 4.52 Å². The molecular weight excluding hydrogens is 352 g/mol. The maximum Gasteiger partial charge on any atom is 0.167 e. The fraction of sp³-hybridized carbons (Fsp3) is 0.609. The van der Waals surface area contributed by atoms with E-state index < -0.39 is 0 Å². The lowest BCUT2D eigenvalue weighted by atomic mass is 9.67. The van der Waals surface area contributed by atoms with Crippen LogP contribution in [0.25, 0.3) is 11.3 Å². The topological polar surface area (TPSA) is 38.1 Å². The third-order valence-corrected chi connectivity index (χ3v) is 8.09. The first-order valence-corrected chi connectivity index (χ1v) is 11.8. The van der Waals surface area contributed by atoms with Crippen LogP contribution in [-0.4, -0.2) is 17.5 Å². The van der Waals surface area contributed by atoms with Crippen LogP contribution in [0.2, 0.25) is 0 Å². The number of nitrogens with zero attached hydrogens (tertiary/aromatic N) is 1. The zero-order valence-corrected chi connectivity index (χ0v) is 17.0. The van der Waals surface area contributed by atoms with Gasteiger partial charge in [0.05, 0.1) is 5.69 Å². The zero-order valence-electron chi connectivity index (χ0n) is 16.2. The average molecular weight is 383 g/mol. The van der Waals surface area contributed by atoms with Crippen LogP contribution in [0.4, 0.5) is 0 Å². The highest BCUT2D eigenvalue weighted by Crippen LogP contribution is 2.49. The van der Waals surface area contributed by atoms with Crippen molar-refractivity contribution in [1.82, 2.24) is 10.5 Å². The quantitative estimate of drug-likeness (QED) is 0.667. The summed E-state index contributed by atoms with van der Waals surface area (Å²) in [7, 11) is 0. The molecule has 4 heteroatoms. The van der Waals surface area contributed by atoms with Gasteiger partial charge in [-0.1, -0.05) is 30.1 Å². The van der Waals surface area contributed by atoms with E-state index in [-0.39, 0.29) is 0 Å². The molecule has 3 bridgehead atoms. The first kappa shape index (κ1) is 17.8. The number of nitrogens with one attached hydrogen (secondary N) is 1. The molecule has 5 atom stereocenters. The number of benzene rings is 1. The molecule has 0 aliphatic heterocycles.